The molecule has 2 aromatic carbocycles. The molecule has 22 heavy (non-hydrogen) atoms. The normalized spacial score (nSPS) is 11.9. The second-order valence-electron chi connectivity index (χ2n) is 4.38. The van der Waals surface area contributed by atoms with Crippen LogP contribution in [0.4, 0.5) is 22.0 Å². The molecule has 0 spiro atoms. The number of allylic oxidation sites excluding steroid dienone is 1. The molecule has 0 aliphatic heterocycles. The van der Waals surface area contributed by atoms with E-state index in [9.17, 15) is 26.7 Å². The first kappa shape index (κ1) is 15.9. The molecule has 0 N–H and O–H groups in total. The van der Waals surface area contributed by atoms with E-state index >= 15 is 0 Å². The predicted octanol–water partition coefficient (Wildman–Crippen LogP) is 4.88. The summed E-state index contributed by atoms with van der Waals surface area (Å²) in [6.45, 7) is 0. The van der Waals surface area contributed by atoms with Crippen molar-refractivity contribution in [3.63, 3.8) is 0 Å². The van der Waals surface area contributed by atoms with Crippen molar-refractivity contribution in [3.8, 4) is 0 Å². The average Bonchev–Trinajstić information content (AvgIpc) is 2.44. The van der Waals surface area contributed by atoms with Crippen LogP contribution in [0.5, 0.6) is 0 Å². The zero-order valence-corrected chi connectivity index (χ0v) is 11.0. The summed E-state index contributed by atoms with van der Waals surface area (Å²) in [5.74, 6) is -3.19. The van der Waals surface area contributed by atoms with Crippen LogP contribution in [0.2, 0.25) is 0 Å². The van der Waals surface area contributed by atoms with Gasteiger partial charge in [-0.15, -0.1) is 0 Å². The number of alkyl halides is 3. The summed E-state index contributed by atoms with van der Waals surface area (Å²) in [4.78, 5) is 11.8. The molecule has 0 aliphatic rings. The van der Waals surface area contributed by atoms with E-state index in [1.54, 1.807) is 0 Å². The monoisotopic (exact) mass is 312 g/mol. The Balaban J connectivity index is 2.36. The van der Waals surface area contributed by atoms with Gasteiger partial charge >= 0.3 is 6.18 Å². The van der Waals surface area contributed by atoms with Crippen LogP contribution in [-0.2, 0) is 6.18 Å². The van der Waals surface area contributed by atoms with Crippen LogP contribution in [0.1, 0.15) is 21.5 Å². The van der Waals surface area contributed by atoms with Gasteiger partial charge < -0.3 is 0 Å². The molecular formula is C16H9F5O. The summed E-state index contributed by atoms with van der Waals surface area (Å²) in [5, 5.41) is 0. The van der Waals surface area contributed by atoms with Crippen molar-refractivity contribution in [3.05, 3.63) is 76.9 Å². The van der Waals surface area contributed by atoms with Gasteiger partial charge in [0.1, 0.15) is 11.6 Å². The van der Waals surface area contributed by atoms with Crippen molar-refractivity contribution >= 4 is 11.9 Å². The van der Waals surface area contributed by atoms with Crippen LogP contribution in [0.25, 0.3) is 6.08 Å². The van der Waals surface area contributed by atoms with Gasteiger partial charge in [0.25, 0.3) is 0 Å². The third kappa shape index (κ3) is 3.39. The van der Waals surface area contributed by atoms with Crippen molar-refractivity contribution < 1.29 is 26.7 Å². The molecule has 0 amide bonds. The highest BCUT2D eigenvalue weighted by Crippen LogP contribution is 2.32. The molecule has 114 valence electrons. The highest BCUT2D eigenvalue weighted by atomic mass is 19.4. The Morgan fingerprint density at radius 1 is 0.909 bits per heavy atom. The largest absolute Gasteiger partial charge is 0.416 e. The maximum Gasteiger partial charge on any atom is 0.416 e. The molecule has 0 saturated heterocycles. The SMILES string of the molecule is O=C(/C=C/c1ccccc1C(F)(F)F)c1c(F)cccc1F. The lowest BCUT2D eigenvalue weighted by molar-refractivity contribution is -0.137. The number of hydrogen-bond donors (Lipinski definition) is 0. The zero-order chi connectivity index (χ0) is 16.3. The maximum atomic E-state index is 13.4. The molecule has 0 unspecified atom stereocenters. The van der Waals surface area contributed by atoms with Gasteiger partial charge in [0.15, 0.2) is 5.78 Å². The van der Waals surface area contributed by atoms with E-state index in [2.05, 4.69) is 0 Å². The zero-order valence-electron chi connectivity index (χ0n) is 11.0. The fourth-order valence-electron chi connectivity index (χ4n) is 1.88. The molecule has 0 aromatic heterocycles. The minimum Gasteiger partial charge on any atom is -0.289 e. The first-order valence-electron chi connectivity index (χ1n) is 6.13. The van der Waals surface area contributed by atoms with Gasteiger partial charge in [-0.2, -0.15) is 13.2 Å². The number of hydrogen-bond acceptors (Lipinski definition) is 1. The molecule has 2 aromatic rings. The second kappa shape index (κ2) is 6.09. The Morgan fingerprint density at radius 2 is 1.50 bits per heavy atom. The van der Waals surface area contributed by atoms with Crippen molar-refractivity contribution in [2.45, 2.75) is 6.18 Å². The number of carbonyl (C=O) groups is 1. The molecule has 0 heterocycles. The van der Waals surface area contributed by atoms with Crippen molar-refractivity contribution in [2.75, 3.05) is 0 Å². The fourth-order valence-corrected chi connectivity index (χ4v) is 1.88. The third-order valence-electron chi connectivity index (χ3n) is 2.89. The van der Waals surface area contributed by atoms with E-state index in [1.807, 2.05) is 0 Å². The molecule has 6 heteroatoms. The van der Waals surface area contributed by atoms with Gasteiger partial charge in [-0.3, -0.25) is 4.79 Å². The smallest absolute Gasteiger partial charge is 0.289 e. The molecule has 2 rings (SSSR count). The predicted molar refractivity (Wildman–Crippen MR) is 71.2 cm³/mol. The van der Waals surface area contributed by atoms with Crippen LogP contribution >= 0.6 is 0 Å². The van der Waals surface area contributed by atoms with Gasteiger partial charge in [0.05, 0.1) is 11.1 Å². The van der Waals surface area contributed by atoms with Gasteiger partial charge in [-0.25, -0.2) is 8.78 Å². The minimum atomic E-state index is -4.59. The summed E-state index contributed by atoms with van der Waals surface area (Å²) in [6, 6.07) is 7.46. The second-order valence-corrected chi connectivity index (χ2v) is 4.38. The minimum absolute atomic E-state index is 0.264. The summed E-state index contributed by atoms with van der Waals surface area (Å²) >= 11 is 0. The average molecular weight is 312 g/mol. The molecule has 0 fully saturated rings. The van der Waals surface area contributed by atoms with E-state index in [-0.39, 0.29) is 5.56 Å². The van der Waals surface area contributed by atoms with Gasteiger partial charge in [-0.1, -0.05) is 30.3 Å². The molecule has 0 atom stereocenters. The van der Waals surface area contributed by atoms with E-state index in [4.69, 9.17) is 0 Å². The topological polar surface area (TPSA) is 17.1 Å². The van der Waals surface area contributed by atoms with E-state index in [0.29, 0.717) is 6.08 Å². The Morgan fingerprint density at radius 3 is 2.09 bits per heavy atom. The number of halogens is 5. The summed E-state index contributed by atoms with van der Waals surface area (Å²) in [6.07, 6.45) is -2.99. The van der Waals surface area contributed by atoms with E-state index in [1.165, 1.54) is 12.1 Å². The number of carbonyl (C=O) groups excluding carboxylic acids is 1. The Hall–Kier alpha value is -2.50. The van der Waals surface area contributed by atoms with Gasteiger partial charge in [0, 0.05) is 0 Å². The summed E-state index contributed by atoms with van der Waals surface area (Å²) in [5.41, 5.74) is -2.00. The molecule has 0 bridgehead atoms. The Kier molecular flexibility index (Phi) is 4.40. The Labute approximate surface area is 122 Å². The quantitative estimate of drug-likeness (QED) is 0.448. The maximum absolute atomic E-state index is 13.4. The highest BCUT2D eigenvalue weighted by Gasteiger charge is 2.32. The number of rotatable bonds is 3. The third-order valence-corrected chi connectivity index (χ3v) is 2.89. The van der Waals surface area contributed by atoms with Gasteiger partial charge in [0.2, 0.25) is 0 Å². The van der Waals surface area contributed by atoms with Crippen molar-refractivity contribution in [1.29, 1.82) is 0 Å². The lowest BCUT2D eigenvalue weighted by Gasteiger charge is -2.09. The number of benzene rings is 2. The van der Waals surface area contributed by atoms with Crippen molar-refractivity contribution in [1.82, 2.24) is 0 Å². The van der Waals surface area contributed by atoms with Crippen molar-refractivity contribution in [2.24, 2.45) is 0 Å². The fraction of sp³-hybridized carbons (Fsp3) is 0.0625. The van der Waals surface area contributed by atoms with Crippen LogP contribution < -0.4 is 0 Å². The van der Waals surface area contributed by atoms with E-state index in [0.717, 1.165) is 36.4 Å². The van der Waals surface area contributed by atoms with E-state index < -0.39 is 34.7 Å². The lowest BCUT2D eigenvalue weighted by atomic mass is 10.0. The van der Waals surface area contributed by atoms with Crippen LogP contribution in [-0.4, -0.2) is 5.78 Å². The van der Waals surface area contributed by atoms with Crippen LogP contribution in [0.3, 0.4) is 0 Å². The van der Waals surface area contributed by atoms with Gasteiger partial charge in [-0.05, 0) is 29.8 Å². The molecular weight excluding hydrogens is 303 g/mol. The lowest BCUT2D eigenvalue weighted by Crippen LogP contribution is -2.07. The first-order chi connectivity index (χ1) is 10.3. The van der Waals surface area contributed by atoms with Crippen LogP contribution in [0, 0.1) is 11.6 Å². The summed E-state index contributed by atoms with van der Waals surface area (Å²) in [7, 11) is 0. The first-order valence-corrected chi connectivity index (χ1v) is 6.13. The Bertz CT molecular complexity index is 711. The summed E-state index contributed by atoms with van der Waals surface area (Å²) < 4.78 is 65.2. The molecule has 0 saturated carbocycles. The number of ketones is 1. The molecule has 1 nitrogen and oxygen atoms in total. The molecule has 0 radical (unpaired) electrons. The molecule has 0 aliphatic carbocycles. The standard InChI is InChI=1S/C16H9F5O/c17-12-6-3-7-13(18)15(12)14(22)9-8-10-4-1-2-5-11(10)16(19,20)21/h1-9H/b9-8+. The van der Waals surface area contributed by atoms with Crippen LogP contribution in [0.15, 0.2) is 48.5 Å². The highest BCUT2D eigenvalue weighted by molar-refractivity contribution is 6.07.